The third-order valence-electron chi connectivity index (χ3n) is 4.95. The Bertz CT molecular complexity index is 1040. The molecular weight excluding hydrogens is 461 g/mol. The van der Waals surface area contributed by atoms with E-state index in [-0.39, 0.29) is 28.2 Å². The van der Waals surface area contributed by atoms with E-state index in [1.165, 1.54) is 30.3 Å². The van der Waals surface area contributed by atoms with Crippen molar-refractivity contribution in [1.29, 1.82) is 0 Å². The van der Waals surface area contributed by atoms with Crippen molar-refractivity contribution in [3.63, 3.8) is 0 Å². The van der Waals surface area contributed by atoms with Crippen LogP contribution in [0.5, 0.6) is 0 Å². The fraction of sp³-hybridized carbons (Fsp3) is 0.409. The van der Waals surface area contributed by atoms with Gasteiger partial charge in [0, 0.05) is 31.0 Å². The molecule has 1 fully saturated rings. The fourth-order valence-electron chi connectivity index (χ4n) is 3.23. The highest BCUT2D eigenvalue weighted by Gasteiger charge is 2.30. The van der Waals surface area contributed by atoms with Gasteiger partial charge in [0.25, 0.3) is 15.9 Å². The van der Waals surface area contributed by atoms with Gasteiger partial charge in [-0.25, -0.2) is 8.42 Å². The Morgan fingerprint density at radius 3 is 2.58 bits per heavy atom. The first kappa shape index (κ1) is 25.0. The molecule has 1 saturated heterocycles. The summed E-state index contributed by atoms with van der Waals surface area (Å²) in [6, 6.07) is 9.01. The molecule has 0 saturated carbocycles. The fourth-order valence-corrected chi connectivity index (χ4v) is 4.28. The van der Waals surface area contributed by atoms with Crippen LogP contribution >= 0.6 is 0 Å². The summed E-state index contributed by atoms with van der Waals surface area (Å²) in [4.78, 5) is 12.0. The number of nitrogens with one attached hydrogen (secondary N) is 2. The summed E-state index contributed by atoms with van der Waals surface area (Å²) < 4.78 is 76.6. The van der Waals surface area contributed by atoms with Crippen LogP contribution in [0.25, 0.3) is 0 Å². The molecule has 2 N–H and O–H groups in total. The van der Waals surface area contributed by atoms with Crippen molar-refractivity contribution in [3.8, 4) is 0 Å². The van der Waals surface area contributed by atoms with Crippen molar-refractivity contribution in [2.75, 3.05) is 31.1 Å². The van der Waals surface area contributed by atoms with Crippen LogP contribution in [0.3, 0.4) is 0 Å². The molecule has 1 atom stereocenters. The number of benzene rings is 2. The van der Waals surface area contributed by atoms with E-state index in [0.717, 1.165) is 31.6 Å². The van der Waals surface area contributed by atoms with Crippen LogP contribution in [0.1, 0.15) is 35.2 Å². The minimum atomic E-state index is -4.59. The molecule has 2 aromatic rings. The Kier molecular flexibility index (Phi) is 8.33. The van der Waals surface area contributed by atoms with Gasteiger partial charge in [0.2, 0.25) is 0 Å². The van der Waals surface area contributed by atoms with E-state index in [2.05, 4.69) is 10.0 Å². The smallest absolute Gasteiger partial charge is 0.379 e. The van der Waals surface area contributed by atoms with Crippen LogP contribution in [0, 0.1) is 0 Å². The molecule has 33 heavy (non-hydrogen) atoms. The molecule has 1 heterocycles. The van der Waals surface area contributed by atoms with Crippen molar-refractivity contribution >= 4 is 21.6 Å². The van der Waals surface area contributed by atoms with Crippen molar-refractivity contribution in [3.05, 3.63) is 59.7 Å². The predicted octanol–water partition coefficient (Wildman–Crippen LogP) is 3.82. The van der Waals surface area contributed by atoms with Crippen LogP contribution in [0.2, 0.25) is 0 Å². The molecule has 0 spiro atoms. The number of anilines is 1. The van der Waals surface area contributed by atoms with Crippen molar-refractivity contribution in [2.45, 2.75) is 36.4 Å². The van der Waals surface area contributed by atoms with E-state index in [4.69, 9.17) is 9.47 Å². The summed E-state index contributed by atoms with van der Waals surface area (Å²) >= 11 is 0. The van der Waals surface area contributed by atoms with Crippen molar-refractivity contribution in [2.24, 2.45) is 0 Å². The number of hydrogen-bond donors (Lipinski definition) is 2. The largest absolute Gasteiger partial charge is 0.416 e. The Balaban J connectivity index is 1.48. The minimum absolute atomic E-state index is 0.150. The van der Waals surface area contributed by atoms with Gasteiger partial charge in [0.1, 0.15) is 0 Å². The number of alkyl halides is 3. The zero-order valence-corrected chi connectivity index (χ0v) is 18.5. The Labute approximate surface area is 190 Å². The molecular formula is C22H25F3N2O5S. The van der Waals surface area contributed by atoms with Gasteiger partial charge in [-0.3, -0.25) is 9.52 Å². The Morgan fingerprint density at radius 2 is 1.91 bits per heavy atom. The predicted molar refractivity (Wildman–Crippen MR) is 115 cm³/mol. The number of amides is 1. The minimum Gasteiger partial charge on any atom is -0.379 e. The quantitative estimate of drug-likeness (QED) is 0.498. The second-order valence-electron chi connectivity index (χ2n) is 7.53. The molecule has 7 nitrogen and oxygen atoms in total. The number of ether oxygens (including phenoxy) is 2. The van der Waals surface area contributed by atoms with E-state index < -0.39 is 21.8 Å². The van der Waals surface area contributed by atoms with Gasteiger partial charge in [-0.05, 0) is 61.7 Å². The molecule has 180 valence electrons. The number of carbonyl (C=O) groups is 1. The highest BCUT2D eigenvalue weighted by molar-refractivity contribution is 7.92. The van der Waals surface area contributed by atoms with Gasteiger partial charge in [0.15, 0.2) is 0 Å². The van der Waals surface area contributed by atoms with Gasteiger partial charge in [-0.1, -0.05) is 6.07 Å². The number of halogens is 3. The standard InChI is InChI=1S/C22H25F3N2O5S/c23-22(24,25)17-4-1-5-18(14-17)27-33(29,30)20-9-7-16(8-10-20)21(28)26-11-3-12-31-15-19-6-2-13-32-19/h1,4-5,7-10,14,19,27H,2-3,6,11-13,15H2,(H,26,28). The summed E-state index contributed by atoms with van der Waals surface area (Å²) in [5.74, 6) is -0.371. The molecule has 1 aliphatic rings. The normalized spacial score (nSPS) is 16.5. The SMILES string of the molecule is O=C(NCCCOCC1CCCO1)c1ccc(S(=O)(=O)Nc2cccc(C(F)(F)F)c2)cc1. The van der Waals surface area contributed by atoms with E-state index in [1.807, 2.05) is 0 Å². The van der Waals surface area contributed by atoms with Crippen LogP contribution < -0.4 is 10.0 Å². The summed E-state index contributed by atoms with van der Waals surface area (Å²) in [5, 5.41) is 2.72. The topological polar surface area (TPSA) is 93.7 Å². The monoisotopic (exact) mass is 486 g/mol. The van der Waals surface area contributed by atoms with E-state index >= 15 is 0 Å². The average Bonchev–Trinajstić information content (AvgIpc) is 3.29. The lowest BCUT2D eigenvalue weighted by Crippen LogP contribution is -2.25. The lowest BCUT2D eigenvalue weighted by molar-refractivity contribution is -0.137. The molecule has 3 rings (SSSR count). The zero-order chi connectivity index (χ0) is 23.9. The molecule has 0 bridgehead atoms. The van der Waals surface area contributed by atoms with E-state index in [0.29, 0.717) is 32.2 Å². The molecule has 0 radical (unpaired) electrons. The first-order valence-electron chi connectivity index (χ1n) is 10.4. The van der Waals surface area contributed by atoms with E-state index in [9.17, 15) is 26.4 Å². The summed E-state index contributed by atoms with van der Waals surface area (Å²) in [6.07, 6.45) is -1.78. The van der Waals surface area contributed by atoms with Crippen LogP contribution in [-0.4, -0.2) is 46.8 Å². The molecule has 0 aromatic heterocycles. The zero-order valence-electron chi connectivity index (χ0n) is 17.7. The second kappa shape index (κ2) is 11.0. The number of rotatable bonds is 10. The van der Waals surface area contributed by atoms with Crippen molar-refractivity contribution in [1.82, 2.24) is 5.32 Å². The second-order valence-corrected chi connectivity index (χ2v) is 9.21. The third-order valence-corrected chi connectivity index (χ3v) is 6.34. The summed E-state index contributed by atoms with van der Waals surface area (Å²) in [6.45, 7) is 2.18. The van der Waals surface area contributed by atoms with Gasteiger partial charge >= 0.3 is 6.18 Å². The highest BCUT2D eigenvalue weighted by atomic mass is 32.2. The average molecular weight is 487 g/mol. The van der Waals surface area contributed by atoms with Gasteiger partial charge in [0.05, 0.1) is 23.2 Å². The van der Waals surface area contributed by atoms with Gasteiger partial charge < -0.3 is 14.8 Å². The van der Waals surface area contributed by atoms with Crippen molar-refractivity contribution < 1.29 is 35.9 Å². The summed E-state index contributed by atoms with van der Waals surface area (Å²) in [5.41, 5.74) is -0.923. The maximum absolute atomic E-state index is 12.8. The number of hydrogen-bond acceptors (Lipinski definition) is 5. The van der Waals surface area contributed by atoms with Crippen LogP contribution in [-0.2, 0) is 25.7 Å². The maximum Gasteiger partial charge on any atom is 0.416 e. The number of carbonyl (C=O) groups excluding carboxylic acids is 1. The lowest BCUT2D eigenvalue weighted by atomic mass is 10.2. The number of sulfonamides is 1. The molecule has 1 unspecified atom stereocenters. The highest BCUT2D eigenvalue weighted by Crippen LogP contribution is 2.31. The first-order chi connectivity index (χ1) is 15.6. The van der Waals surface area contributed by atoms with Gasteiger partial charge in [-0.15, -0.1) is 0 Å². The third kappa shape index (κ3) is 7.44. The molecule has 2 aromatic carbocycles. The lowest BCUT2D eigenvalue weighted by Gasteiger charge is -2.12. The first-order valence-corrected chi connectivity index (χ1v) is 11.9. The summed E-state index contributed by atoms with van der Waals surface area (Å²) in [7, 11) is -4.13. The molecule has 1 amide bonds. The van der Waals surface area contributed by atoms with E-state index in [1.54, 1.807) is 0 Å². The molecule has 11 heteroatoms. The van der Waals surface area contributed by atoms with Crippen LogP contribution in [0.15, 0.2) is 53.4 Å². The Morgan fingerprint density at radius 1 is 1.15 bits per heavy atom. The van der Waals surface area contributed by atoms with Gasteiger partial charge in [-0.2, -0.15) is 13.2 Å². The Hall–Kier alpha value is -2.63. The maximum atomic E-state index is 12.8. The molecule has 0 aliphatic carbocycles. The van der Waals surface area contributed by atoms with Crippen LogP contribution in [0.4, 0.5) is 18.9 Å². The molecule has 1 aliphatic heterocycles.